The Balaban J connectivity index is 1.62. The molecule has 1 aliphatic rings. The zero-order valence-corrected chi connectivity index (χ0v) is 14.3. The molecule has 0 fully saturated rings. The first-order valence-corrected chi connectivity index (χ1v) is 8.32. The van der Waals surface area contributed by atoms with Gasteiger partial charge < -0.3 is 20.2 Å². The quantitative estimate of drug-likeness (QED) is 0.481. The predicted molar refractivity (Wildman–Crippen MR) is 98.7 cm³/mol. The molecule has 1 aliphatic heterocycles. The summed E-state index contributed by atoms with van der Waals surface area (Å²) in [6, 6.07) is 9.10. The van der Waals surface area contributed by atoms with Gasteiger partial charge in [-0.2, -0.15) is 5.26 Å². The Hall–Kier alpha value is -3.86. The van der Waals surface area contributed by atoms with Gasteiger partial charge in [-0.1, -0.05) is 0 Å². The molecule has 0 radical (unpaired) electrons. The molecule has 3 heterocycles. The Morgan fingerprint density at radius 1 is 1.33 bits per heavy atom. The van der Waals surface area contributed by atoms with Crippen LogP contribution in [0, 0.1) is 16.7 Å². The van der Waals surface area contributed by atoms with E-state index in [1.165, 1.54) is 18.8 Å². The van der Waals surface area contributed by atoms with Crippen molar-refractivity contribution >= 4 is 17.1 Å². The molecule has 0 spiro atoms. The number of pyridine rings is 1. The second kappa shape index (κ2) is 6.80. The van der Waals surface area contributed by atoms with Crippen LogP contribution in [0.4, 0.5) is 11.4 Å². The van der Waals surface area contributed by atoms with E-state index in [0.717, 1.165) is 17.8 Å². The molecule has 8 heteroatoms. The van der Waals surface area contributed by atoms with Gasteiger partial charge in [-0.25, -0.2) is 4.98 Å². The van der Waals surface area contributed by atoms with Crippen LogP contribution in [0.15, 0.2) is 47.5 Å². The summed E-state index contributed by atoms with van der Waals surface area (Å²) < 4.78 is 10.8. The van der Waals surface area contributed by atoms with Crippen molar-refractivity contribution in [2.24, 2.45) is 0 Å². The molecule has 1 unspecified atom stereocenters. The van der Waals surface area contributed by atoms with E-state index in [-0.39, 0.29) is 11.8 Å². The Bertz CT molecular complexity index is 1040. The van der Waals surface area contributed by atoms with Crippen LogP contribution < -0.4 is 15.8 Å². The van der Waals surface area contributed by atoms with E-state index in [9.17, 15) is 0 Å². The van der Waals surface area contributed by atoms with Crippen molar-refractivity contribution in [1.82, 2.24) is 9.97 Å². The number of nitrogens with zero attached hydrogens (tertiary/aromatic N) is 3. The SMILES string of the molecule is N#Cc1cnc2c(c1)OCCC2Nc1ccc(N)c(C(=N)c2cnco2)c1. The second-order valence-electron chi connectivity index (χ2n) is 6.10. The number of oxazole rings is 1. The summed E-state index contributed by atoms with van der Waals surface area (Å²) in [6.07, 6.45) is 5.02. The third-order valence-electron chi connectivity index (χ3n) is 4.35. The number of benzene rings is 1. The predicted octanol–water partition coefficient (Wildman–Crippen LogP) is 2.88. The molecule has 3 aromatic rings. The lowest BCUT2D eigenvalue weighted by Crippen LogP contribution is -2.22. The highest BCUT2D eigenvalue weighted by molar-refractivity contribution is 6.12. The lowest BCUT2D eigenvalue weighted by atomic mass is 10.0. The van der Waals surface area contributed by atoms with Crippen LogP contribution in [0.25, 0.3) is 0 Å². The maximum atomic E-state index is 9.02. The van der Waals surface area contributed by atoms with E-state index < -0.39 is 0 Å². The molecule has 1 aromatic carbocycles. The van der Waals surface area contributed by atoms with Crippen molar-refractivity contribution in [1.29, 1.82) is 10.7 Å². The molecule has 4 N–H and O–H groups in total. The Morgan fingerprint density at radius 3 is 3.00 bits per heavy atom. The van der Waals surface area contributed by atoms with Crippen molar-refractivity contribution in [2.75, 3.05) is 17.7 Å². The average molecular weight is 360 g/mol. The van der Waals surface area contributed by atoms with Crippen LogP contribution in [0.1, 0.15) is 35.0 Å². The van der Waals surface area contributed by atoms with Crippen LogP contribution in [0.5, 0.6) is 5.75 Å². The largest absolute Gasteiger partial charge is 0.491 e. The number of fused-ring (bicyclic) bond motifs is 1. The molecular formula is C19H16N6O2. The number of anilines is 2. The molecular weight excluding hydrogens is 344 g/mol. The van der Waals surface area contributed by atoms with Gasteiger partial charge in [0.05, 0.1) is 24.4 Å². The van der Waals surface area contributed by atoms with E-state index >= 15 is 0 Å². The van der Waals surface area contributed by atoms with Crippen LogP contribution in [-0.4, -0.2) is 22.3 Å². The highest BCUT2D eigenvalue weighted by Crippen LogP contribution is 2.34. The number of nitriles is 1. The van der Waals surface area contributed by atoms with Gasteiger partial charge in [-0.15, -0.1) is 0 Å². The van der Waals surface area contributed by atoms with Gasteiger partial charge in [0.15, 0.2) is 12.2 Å². The standard InChI is InChI=1S/C19H16N6O2/c20-7-11-5-16-19(24-8-11)15(3-4-26-16)25-12-1-2-14(21)13(6-12)18(22)17-9-23-10-27-17/h1-2,5-6,8-10,15,22,25H,3-4,21H2. The topological polar surface area (TPSA) is 134 Å². The minimum Gasteiger partial charge on any atom is -0.491 e. The first-order chi connectivity index (χ1) is 13.2. The summed E-state index contributed by atoms with van der Waals surface area (Å²) in [4.78, 5) is 8.23. The summed E-state index contributed by atoms with van der Waals surface area (Å²) in [7, 11) is 0. The first-order valence-electron chi connectivity index (χ1n) is 8.32. The maximum Gasteiger partial charge on any atom is 0.181 e. The van der Waals surface area contributed by atoms with Gasteiger partial charge >= 0.3 is 0 Å². The number of nitrogens with one attached hydrogen (secondary N) is 2. The van der Waals surface area contributed by atoms with Gasteiger partial charge in [0.2, 0.25) is 0 Å². The summed E-state index contributed by atoms with van der Waals surface area (Å²) in [5, 5.41) is 20.7. The number of hydrogen-bond donors (Lipinski definition) is 3. The monoisotopic (exact) mass is 360 g/mol. The molecule has 4 rings (SSSR count). The number of hydrogen-bond acceptors (Lipinski definition) is 8. The number of rotatable bonds is 4. The molecule has 1 atom stereocenters. The Kier molecular flexibility index (Phi) is 4.18. The smallest absolute Gasteiger partial charge is 0.181 e. The first kappa shape index (κ1) is 16.6. The summed E-state index contributed by atoms with van der Waals surface area (Å²) in [5.74, 6) is 0.962. The molecule has 0 amide bonds. The van der Waals surface area contributed by atoms with Crippen molar-refractivity contribution in [2.45, 2.75) is 12.5 Å². The van der Waals surface area contributed by atoms with Crippen molar-refractivity contribution in [3.63, 3.8) is 0 Å². The zero-order valence-electron chi connectivity index (χ0n) is 14.3. The van der Waals surface area contributed by atoms with E-state index in [1.807, 2.05) is 6.07 Å². The number of nitrogen functional groups attached to an aromatic ring is 1. The van der Waals surface area contributed by atoms with E-state index in [2.05, 4.69) is 21.4 Å². The molecule has 0 saturated carbocycles. The minimum atomic E-state index is -0.0718. The van der Waals surface area contributed by atoms with E-state index in [4.69, 9.17) is 25.6 Å². The minimum absolute atomic E-state index is 0.0718. The zero-order chi connectivity index (χ0) is 18.8. The second-order valence-corrected chi connectivity index (χ2v) is 6.10. The average Bonchev–Trinajstić information content (AvgIpc) is 3.23. The van der Waals surface area contributed by atoms with Gasteiger partial charge in [0, 0.05) is 35.6 Å². The fourth-order valence-corrected chi connectivity index (χ4v) is 2.99. The number of aromatic nitrogens is 2. The van der Waals surface area contributed by atoms with Gasteiger partial charge in [0.25, 0.3) is 0 Å². The van der Waals surface area contributed by atoms with Gasteiger partial charge in [0.1, 0.15) is 23.2 Å². The molecule has 0 aliphatic carbocycles. The van der Waals surface area contributed by atoms with E-state index in [1.54, 1.807) is 18.2 Å². The van der Waals surface area contributed by atoms with Crippen LogP contribution >= 0.6 is 0 Å². The van der Waals surface area contributed by atoms with Crippen LogP contribution in [-0.2, 0) is 0 Å². The number of ether oxygens (including phenoxy) is 1. The molecule has 8 nitrogen and oxygen atoms in total. The lowest BCUT2D eigenvalue weighted by molar-refractivity contribution is 0.270. The molecule has 134 valence electrons. The van der Waals surface area contributed by atoms with Crippen LogP contribution in [0.2, 0.25) is 0 Å². The highest BCUT2D eigenvalue weighted by Gasteiger charge is 2.24. The lowest BCUT2D eigenvalue weighted by Gasteiger charge is -2.26. The fraction of sp³-hybridized carbons (Fsp3) is 0.158. The molecule has 0 saturated heterocycles. The highest BCUT2D eigenvalue weighted by atomic mass is 16.5. The van der Waals surface area contributed by atoms with Crippen molar-refractivity contribution < 1.29 is 9.15 Å². The molecule has 2 aromatic heterocycles. The van der Waals surface area contributed by atoms with E-state index in [0.29, 0.717) is 34.9 Å². The Morgan fingerprint density at radius 2 is 2.22 bits per heavy atom. The maximum absolute atomic E-state index is 9.02. The van der Waals surface area contributed by atoms with Crippen molar-refractivity contribution in [3.8, 4) is 11.8 Å². The van der Waals surface area contributed by atoms with Gasteiger partial charge in [-0.05, 0) is 18.2 Å². The molecule has 0 bridgehead atoms. The third-order valence-corrected chi connectivity index (χ3v) is 4.35. The summed E-state index contributed by atoms with van der Waals surface area (Å²) >= 11 is 0. The normalized spacial score (nSPS) is 15.3. The number of nitrogens with two attached hydrogens (primary N) is 1. The summed E-state index contributed by atoms with van der Waals surface area (Å²) in [5.41, 5.74) is 9.25. The Labute approximate surface area is 155 Å². The third kappa shape index (κ3) is 3.18. The fourth-order valence-electron chi connectivity index (χ4n) is 2.99. The van der Waals surface area contributed by atoms with Crippen LogP contribution in [0.3, 0.4) is 0 Å². The molecule has 27 heavy (non-hydrogen) atoms. The summed E-state index contributed by atoms with van der Waals surface area (Å²) in [6.45, 7) is 0.525. The van der Waals surface area contributed by atoms with Gasteiger partial charge in [-0.3, -0.25) is 10.4 Å². The van der Waals surface area contributed by atoms with Crippen molar-refractivity contribution in [3.05, 3.63) is 65.6 Å².